The standard InChI is InChI=1S/C19H18N2O4S.C11H17BN2O2.C10H9N3.C8H9ClO4S.2C6H14O2.C5H5BrN2.C5H4BrN.B2/c1-24-16-6-7-18(25-2)19(10-16)26(22,23)13-14-9-15(12-20-11-14)17-5-3-4-8-21-17;1-10(2)11(3,4)16-12(15-10)8-5-9(13)7-14-6-8;11-9-5-8(6-12-7-9)10-3-1-2-4-13-10;1-12-6-3-4-7(13-2)8(5-6)14(9,10)11;2*1-5(2,7)6(3,4)8;6-4-1-5(7)3-8-2-4;6-5-3-1-2-4-7-5;1-2/h3-12H,13H2,1-2H3;5-7H,13H2,1-4H3;1-7H,11H2;3-5H,1-2H3;2*7-8H,1-4H3;1-3H,7H2;1-4H;. The summed E-state index contributed by atoms with van der Waals surface area (Å²) in [6.07, 6.45) is 18.4. The third-order valence-corrected chi connectivity index (χ3v) is 18.8. The molecule has 0 unspecified atom stereocenters. The van der Waals surface area contributed by atoms with E-state index in [4.69, 9.17) is 76.6 Å². The van der Waals surface area contributed by atoms with Gasteiger partial charge in [-0.2, -0.15) is 0 Å². The van der Waals surface area contributed by atoms with Crippen molar-refractivity contribution >= 4 is 107 Å². The molecule has 0 bridgehead atoms. The second-order valence-electron chi connectivity index (χ2n) is 24.7. The van der Waals surface area contributed by atoms with Gasteiger partial charge in [0.2, 0.25) is 0 Å². The third-order valence-electron chi connectivity index (χ3n) is 14.8. The lowest BCUT2D eigenvalue weighted by Crippen LogP contribution is -2.44. The molecule has 2 aromatic carbocycles. The lowest BCUT2D eigenvalue weighted by molar-refractivity contribution is -0.107. The molecule has 10 N–H and O–H groups in total. The number of methoxy groups -OCH3 is 4. The van der Waals surface area contributed by atoms with Crippen molar-refractivity contribution in [2.75, 3.05) is 45.6 Å². The van der Waals surface area contributed by atoms with Gasteiger partial charge in [-0.3, -0.25) is 29.9 Å². The van der Waals surface area contributed by atoms with E-state index in [-0.39, 0.29) is 45.4 Å². The molecule has 1 aliphatic rings. The number of anilines is 3. The van der Waals surface area contributed by atoms with Crippen LogP contribution < -0.4 is 41.6 Å². The van der Waals surface area contributed by atoms with Gasteiger partial charge in [-0.15, -0.1) is 0 Å². The monoisotopic (exact) mass is 1580 g/mol. The topological polar surface area (TPSA) is 373 Å². The van der Waals surface area contributed by atoms with E-state index in [1.807, 2.05) is 94.4 Å². The number of pyridine rings is 7. The van der Waals surface area contributed by atoms with Crippen LogP contribution in [0.2, 0.25) is 0 Å². The summed E-state index contributed by atoms with van der Waals surface area (Å²) in [6.45, 7) is 20.7. The zero-order chi connectivity index (χ0) is 77.5. The average Bonchev–Trinajstić information content (AvgIpc) is 1.63. The molecule has 9 aromatic rings. The first-order chi connectivity index (χ1) is 47.4. The molecule has 24 nitrogen and oxygen atoms in total. The number of sulfone groups is 1. The van der Waals surface area contributed by atoms with Crippen LogP contribution in [0.3, 0.4) is 0 Å². The minimum Gasteiger partial charge on any atom is -0.497 e. The number of nitrogens with zero attached hydrogens (tertiary/aromatic N) is 7. The summed E-state index contributed by atoms with van der Waals surface area (Å²) in [4.78, 5) is 28.4. The Labute approximate surface area is 624 Å². The number of ether oxygens (including phenoxy) is 4. The zero-order valence-electron chi connectivity index (χ0n) is 59.9. The Kier molecular flexibility index (Phi) is 36.7. The first-order valence-electron chi connectivity index (χ1n) is 30.7. The lowest BCUT2D eigenvalue weighted by Gasteiger charge is -2.32. The van der Waals surface area contributed by atoms with E-state index in [9.17, 15) is 16.8 Å². The molecule has 0 amide bonds. The number of nitrogens with two attached hydrogens (primary N) is 3. The quantitative estimate of drug-likeness (QED) is 0.0320. The maximum absolute atomic E-state index is 12.9. The van der Waals surface area contributed by atoms with Crippen LogP contribution in [0, 0.1) is 0 Å². The second kappa shape index (κ2) is 41.5. The predicted octanol–water partition coefficient (Wildman–Crippen LogP) is 11.0. The number of halogens is 3. The van der Waals surface area contributed by atoms with Crippen molar-refractivity contribution in [2.45, 2.75) is 132 Å². The van der Waals surface area contributed by atoms with E-state index in [0.717, 1.165) is 37.1 Å². The molecule has 8 heterocycles. The van der Waals surface area contributed by atoms with Crippen LogP contribution in [0.15, 0.2) is 202 Å². The maximum Gasteiger partial charge on any atom is 0.496 e. The molecule has 10 rings (SSSR count). The minimum atomic E-state index is -3.81. The van der Waals surface area contributed by atoms with E-state index in [2.05, 4.69) is 82.2 Å². The molecule has 102 heavy (non-hydrogen) atoms. The van der Waals surface area contributed by atoms with Crippen LogP contribution in [0.5, 0.6) is 23.0 Å². The van der Waals surface area contributed by atoms with Crippen LogP contribution in [0.1, 0.15) is 88.6 Å². The van der Waals surface area contributed by atoms with Gasteiger partial charge in [0.15, 0.2) is 9.84 Å². The normalized spacial score (nSPS) is 12.7. The molecule has 1 fully saturated rings. The molecular weight excluding hydrogens is 1500 g/mol. The second-order valence-corrected chi connectivity index (χ2v) is 30.9. The Morgan fingerprint density at radius 3 is 1.24 bits per heavy atom. The number of rotatable bonds is 13. The van der Waals surface area contributed by atoms with E-state index in [1.54, 1.807) is 148 Å². The van der Waals surface area contributed by atoms with Crippen LogP contribution in [0.4, 0.5) is 17.1 Å². The van der Waals surface area contributed by atoms with Gasteiger partial charge in [-0.25, -0.2) is 21.8 Å². The maximum atomic E-state index is 12.9. The molecule has 7 aromatic heterocycles. The predicted molar refractivity (Wildman–Crippen MR) is 412 cm³/mol. The van der Waals surface area contributed by atoms with E-state index < -0.39 is 41.3 Å². The van der Waals surface area contributed by atoms with Crippen LogP contribution in [0.25, 0.3) is 22.5 Å². The highest BCUT2D eigenvalue weighted by atomic mass is 79.9. The van der Waals surface area contributed by atoms with Crippen molar-refractivity contribution < 1.29 is 65.5 Å². The van der Waals surface area contributed by atoms with Gasteiger partial charge in [0, 0.05) is 133 Å². The Bertz CT molecular complexity index is 4130. The van der Waals surface area contributed by atoms with Crippen molar-refractivity contribution in [1.29, 1.82) is 0 Å². The van der Waals surface area contributed by atoms with Gasteiger partial charge in [0.05, 0.1) is 90.6 Å². The van der Waals surface area contributed by atoms with Crippen molar-refractivity contribution in [2.24, 2.45) is 0 Å². The van der Waals surface area contributed by atoms with Gasteiger partial charge in [-0.05, 0) is 205 Å². The van der Waals surface area contributed by atoms with Gasteiger partial charge in [-0.1, -0.05) is 18.2 Å². The van der Waals surface area contributed by atoms with Crippen LogP contribution >= 0.6 is 42.5 Å². The molecule has 1 saturated heterocycles. The summed E-state index contributed by atoms with van der Waals surface area (Å²) in [5, 5.41) is 36.4. The number of aromatic nitrogens is 7. The largest absolute Gasteiger partial charge is 0.497 e. The molecule has 1 aliphatic heterocycles. The SMILES string of the molecule is Brc1ccccn1.CC(C)(O)C(C)(C)O.CC(C)(O)C(C)(C)O.CC1(C)OB(c2cncc(N)c2)OC1(C)C.COc1ccc(OC)c(S(=O)(=O)Cc2cncc(-c3ccccn3)c2)c1.COc1ccc(OC)c(S(=O)(=O)Cl)c1.Nc1cncc(-c2ccccn2)c1.Nc1cncc(Br)c1.[B][B]. The number of nitrogen functional groups attached to an aromatic ring is 3. The molecule has 0 atom stereocenters. The summed E-state index contributed by atoms with van der Waals surface area (Å²) in [5.74, 6) is 1.12. The van der Waals surface area contributed by atoms with Crippen LogP contribution in [-0.4, -0.2) is 157 Å². The Balaban J connectivity index is 0.000000412. The van der Waals surface area contributed by atoms with Gasteiger partial charge >= 0.3 is 7.12 Å². The van der Waals surface area contributed by atoms with Crippen molar-refractivity contribution in [3.8, 4) is 45.5 Å². The summed E-state index contributed by atoms with van der Waals surface area (Å²) >= 11 is 6.42. The van der Waals surface area contributed by atoms with Crippen LogP contribution in [-0.2, 0) is 33.9 Å². The molecule has 0 spiro atoms. The van der Waals surface area contributed by atoms with E-state index in [1.165, 1.54) is 52.8 Å². The van der Waals surface area contributed by atoms with Gasteiger partial charge in [0.25, 0.3) is 9.05 Å². The van der Waals surface area contributed by atoms with Crippen molar-refractivity contribution in [1.82, 2.24) is 34.9 Å². The van der Waals surface area contributed by atoms with Gasteiger partial charge < -0.3 is 65.9 Å². The lowest BCUT2D eigenvalue weighted by atomic mass is 9.80. The van der Waals surface area contributed by atoms with Crippen molar-refractivity contribution in [3.63, 3.8) is 0 Å². The summed E-state index contributed by atoms with van der Waals surface area (Å²) in [7, 11) is 11.1. The number of hydrogen-bond donors (Lipinski definition) is 7. The molecule has 4 radical (unpaired) electrons. The Morgan fingerprint density at radius 2 is 0.892 bits per heavy atom. The highest BCUT2D eigenvalue weighted by Gasteiger charge is 2.52. The highest BCUT2D eigenvalue weighted by molar-refractivity contribution is 9.10. The molecule has 0 aliphatic carbocycles. The number of aliphatic hydroxyl groups is 4. The fourth-order valence-electron chi connectivity index (χ4n) is 7.02. The third kappa shape index (κ3) is 31.4. The van der Waals surface area contributed by atoms with E-state index >= 15 is 0 Å². The summed E-state index contributed by atoms with van der Waals surface area (Å²) in [5.41, 5.74) is 18.7. The number of hydrogen-bond acceptors (Lipinski definition) is 24. The smallest absolute Gasteiger partial charge is 0.496 e. The number of benzene rings is 2. The molecule has 546 valence electrons. The zero-order valence-corrected chi connectivity index (χ0v) is 65.5. The fourth-order valence-corrected chi connectivity index (χ4v) is 10.2. The fraction of sp³-hybridized carbons (Fsp3) is 0.329. The van der Waals surface area contributed by atoms with E-state index in [0.29, 0.717) is 34.1 Å². The summed E-state index contributed by atoms with van der Waals surface area (Å²) in [6, 6.07) is 33.3. The van der Waals surface area contributed by atoms with Crippen molar-refractivity contribution in [3.05, 3.63) is 198 Å². The molecule has 32 heteroatoms. The Hall–Kier alpha value is -7.81. The summed E-state index contributed by atoms with van der Waals surface area (Å²) < 4.78 is 81.7. The molecule has 0 saturated carbocycles. The average molecular weight is 1590 g/mol. The van der Waals surface area contributed by atoms with Gasteiger partial charge in [0.1, 0.15) is 37.4 Å². The Morgan fingerprint density at radius 1 is 0.500 bits per heavy atom. The minimum absolute atomic E-state index is 0.0857. The molecular formula is C70H90B3Br2ClN10O14S2. The first-order valence-corrected chi connectivity index (χ1v) is 36.2. The highest BCUT2D eigenvalue weighted by Crippen LogP contribution is 2.37. The first kappa shape index (κ1) is 90.3.